The number of nitrogens with one attached hydrogen (secondary N) is 1. The standard InChI is InChI=1S/C18H18N4O5/c1-11-16(17-19-5-4-6-22(17)21-11)18(24)27-10-15(23)20-12-7-13(25-2)9-14(8-12)26-3/h4-9H,10H2,1-3H3,(H,20,23). The first kappa shape index (κ1) is 18.2. The van der Waals surface area contributed by atoms with Crippen molar-refractivity contribution in [1.82, 2.24) is 14.6 Å². The van der Waals surface area contributed by atoms with Gasteiger partial charge in [-0.1, -0.05) is 0 Å². The Kier molecular flexibility index (Phi) is 5.20. The fourth-order valence-corrected chi connectivity index (χ4v) is 2.52. The topological polar surface area (TPSA) is 104 Å². The van der Waals surface area contributed by atoms with Crippen LogP contribution in [0.2, 0.25) is 0 Å². The van der Waals surface area contributed by atoms with Crippen molar-refractivity contribution >= 4 is 23.2 Å². The molecule has 0 unspecified atom stereocenters. The molecule has 0 aliphatic carbocycles. The maximum atomic E-state index is 12.4. The lowest BCUT2D eigenvalue weighted by atomic mass is 10.2. The molecule has 0 radical (unpaired) electrons. The summed E-state index contributed by atoms with van der Waals surface area (Å²) < 4.78 is 16.9. The minimum Gasteiger partial charge on any atom is -0.497 e. The monoisotopic (exact) mass is 370 g/mol. The predicted octanol–water partition coefficient (Wildman–Crippen LogP) is 1.85. The fourth-order valence-electron chi connectivity index (χ4n) is 2.52. The zero-order valence-electron chi connectivity index (χ0n) is 15.1. The summed E-state index contributed by atoms with van der Waals surface area (Å²) in [6.07, 6.45) is 3.23. The molecule has 2 aromatic heterocycles. The Hall–Kier alpha value is -3.62. The molecule has 0 aliphatic heterocycles. The molecule has 0 saturated carbocycles. The summed E-state index contributed by atoms with van der Waals surface area (Å²) in [6.45, 7) is 1.22. The van der Waals surface area contributed by atoms with Crippen molar-refractivity contribution in [2.24, 2.45) is 0 Å². The molecule has 0 spiro atoms. The van der Waals surface area contributed by atoms with Gasteiger partial charge in [0.25, 0.3) is 5.91 Å². The number of ether oxygens (including phenoxy) is 3. The third kappa shape index (κ3) is 3.97. The van der Waals surface area contributed by atoms with E-state index in [1.807, 2.05) is 0 Å². The van der Waals surface area contributed by atoms with E-state index in [1.54, 1.807) is 43.6 Å². The number of nitrogens with zero attached hydrogens (tertiary/aromatic N) is 3. The van der Waals surface area contributed by atoms with Gasteiger partial charge in [-0.25, -0.2) is 14.3 Å². The Morgan fingerprint density at radius 1 is 1.15 bits per heavy atom. The first-order valence-corrected chi connectivity index (χ1v) is 8.02. The number of aromatic nitrogens is 3. The molecule has 9 nitrogen and oxygen atoms in total. The molecular formula is C18H18N4O5. The van der Waals surface area contributed by atoms with E-state index >= 15 is 0 Å². The van der Waals surface area contributed by atoms with E-state index in [-0.39, 0.29) is 5.56 Å². The number of fused-ring (bicyclic) bond motifs is 1. The first-order chi connectivity index (χ1) is 13.0. The van der Waals surface area contributed by atoms with Crippen molar-refractivity contribution < 1.29 is 23.8 Å². The van der Waals surface area contributed by atoms with Gasteiger partial charge in [-0.2, -0.15) is 5.10 Å². The number of carbonyl (C=O) groups excluding carboxylic acids is 2. The Balaban J connectivity index is 1.67. The average molecular weight is 370 g/mol. The van der Waals surface area contributed by atoms with E-state index in [4.69, 9.17) is 14.2 Å². The number of hydrogen-bond donors (Lipinski definition) is 1. The van der Waals surface area contributed by atoms with E-state index in [2.05, 4.69) is 15.4 Å². The van der Waals surface area contributed by atoms with Gasteiger partial charge in [0.05, 0.1) is 19.9 Å². The van der Waals surface area contributed by atoms with Gasteiger partial charge in [0.2, 0.25) is 0 Å². The van der Waals surface area contributed by atoms with Gasteiger partial charge in [0.15, 0.2) is 12.3 Å². The quantitative estimate of drug-likeness (QED) is 0.660. The molecule has 0 saturated heterocycles. The van der Waals surface area contributed by atoms with Crippen LogP contribution in [0.25, 0.3) is 5.65 Å². The number of anilines is 1. The number of carbonyl (C=O) groups is 2. The van der Waals surface area contributed by atoms with Crippen LogP contribution in [0.4, 0.5) is 5.69 Å². The molecule has 140 valence electrons. The number of rotatable bonds is 6. The van der Waals surface area contributed by atoms with Crippen LogP contribution < -0.4 is 14.8 Å². The molecule has 3 rings (SSSR count). The number of hydrogen-bond acceptors (Lipinski definition) is 7. The molecule has 0 fully saturated rings. The second-order valence-corrected chi connectivity index (χ2v) is 5.57. The van der Waals surface area contributed by atoms with Crippen molar-refractivity contribution in [2.75, 3.05) is 26.1 Å². The molecule has 27 heavy (non-hydrogen) atoms. The maximum Gasteiger partial charge on any atom is 0.344 e. The number of methoxy groups -OCH3 is 2. The highest BCUT2D eigenvalue weighted by atomic mass is 16.5. The molecule has 0 aliphatic rings. The predicted molar refractivity (Wildman–Crippen MR) is 96.2 cm³/mol. The number of esters is 1. The Morgan fingerprint density at radius 3 is 2.52 bits per heavy atom. The summed E-state index contributed by atoms with van der Waals surface area (Å²) in [5.74, 6) is -0.121. The van der Waals surface area contributed by atoms with Crippen molar-refractivity contribution in [3.05, 3.63) is 47.9 Å². The summed E-state index contributed by atoms with van der Waals surface area (Å²) in [7, 11) is 3.02. The smallest absolute Gasteiger partial charge is 0.344 e. The largest absolute Gasteiger partial charge is 0.497 e. The van der Waals surface area contributed by atoms with E-state index in [0.717, 1.165) is 0 Å². The third-order valence-corrected chi connectivity index (χ3v) is 3.74. The number of benzene rings is 1. The summed E-state index contributed by atoms with van der Waals surface area (Å²) in [5, 5.41) is 6.82. The van der Waals surface area contributed by atoms with E-state index in [9.17, 15) is 9.59 Å². The third-order valence-electron chi connectivity index (χ3n) is 3.74. The molecule has 1 N–H and O–H groups in total. The van der Waals surface area contributed by atoms with E-state index in [1.165, 1.54) is 18.7 Å². The highest BCUT2D eigenvalue weighted by molar-refractivity contribution is 5.99. The van der Waals surface area contributed by atoms with Gasteiger partial charge < -0.3 is 19.5 Å². The van der Waals surface area contributed by atoms with Crippen LogP contribution in [0.3, 0.4) is 0 Å². The van der Waals surface area contributed by atoms with Crippen molar-refractivity contribution in [2.45, 2.75) is 6.92 Å². The lowest BCUT2D eigenvalue weighted by Crippen LogP contribution is -2.21. The summed E-state index contributed by atoms with van der Waals surface area (Å²) in [5.41, 5.74) is 1.53. The molecule has 1 amide bonds. The summed E-state index contributed by atoms with van der Waals surface area (Å²) in [4.78, 5) is 28.6. The zero-order chi connectivity index (χ0) is 19.4. The maximum absolute atomic E-state index is 12.4. The zero-order valence-corrected chi connectivity index (χ0v) is 15.1. The van der Waals surface area contributed by atoms with Gasteiger partial charge in [-0.15, -0.1) is 0 Å². The highest BCUT2D eigenvalue weighted by Crippen LogP contribution is 2.25. The Bertz CT molecular complexity index is 976. The minimum atomic E-state index is -0.667. The molecule has 0 bridgehead atoms. The summed E-state index contributed by atoms with van der Waals surface area (Å²) >= 11 is 0. The van der Waals surface area contributed by atoms with Crippen LogP contribution in [0.1, 0.15) is 16.1 Å². The second-order valence-electron chi connectivity index (χ2n) is 5.57. The van der Waals surface area contributed by atoms with Crippen LogP contribution >= 0.6 is 0 Å². The molecule has 3 aromatic rings. The van der Waals surface area contributed by atoms with Gasteiger partial charge in [-0.3, -0.25) is 4.79 Å². The van der Waals surface area contributed by atoms with Crippen LogP contribution in [0, 0.1) is 6.92 Å². The first-order valence-electron chi connectivity index (χ1n) is 8.02. The van der Waals surface area contributed by atoms with Crippen molar-refractivity contribution in [3.63, 3.8) is 0 Å². The van der Waals surface area contributed by atoms with Crippen molar-refractivity contribution in [1.29, 1.82) is 0 Å². The molecule has 9 heteroatoms. The lowest BCUT2D eigenvalue weighted by molar-refractivity contribution is -0.119. The lowest BCUT2D eigenvalue weighted by Gasteiger charge is -2.10. The Labute approximate surface area is 154 Å². The van der Waals surface area contributed by atoms with E-state index in [0.29, 0.717) is 28.5 Å². The second kappa shape index (κ2) is 7.73. The van der Waals surface area contributed by atoms with Gasteiger partial charge in [0, 0.05) is 36.3 Å². The fraction of sp³-hybridized carbons (Fsp3) is 0.222. The van der Waals surface area contributed by atoms with Gasteiger partial charge >= 0.3 is 5.97 Å². The van der Waals surface area contributed by atoms with Gasteiger partial charge in [0.1, 0.15) is 17.1 Å². The van der Waals surface area contributed by atoms with E-state index < -0.39 is 18.5 Å². The molecular weight excluding hydrogens is 352 g/mol. The van der Waals surface area contributed by atoms with Gasteiger partial charge in [-0.05, 0) is 13.0 Å². The minimum absolute atomic E-state index is 0.228. The van der Waals surface area contributed by atoms with Crippen molar-refractivity contribution in [3.8, 4) is 11.5 Å². The highest BCUT2D eigenvalue weighted by Gasteiger charge is 2.20. The molecule has 1 aromatic carbocycles. The normalized spacial score (nSPS) is 10.5. The summed E-state index contributed by atoms with van der Waals surface area (Å²) in [6, 6.07) is 6.63. The number of aryl methyl sites for hydroxylation is 1. The Morgan fingerprint density at radius 2 is 1.85 bits per heavy atom. The van der Waals surface area contributed by atoms with Crippen LogP contribution in [-0.4, -0.2) is 47.3 Å². The van der Waals surface area contributed by atoms with Crippen LogP contribution in [0.5, 0.6) is 11.5 Å². The molecule has 0 atom stereocenters. The number of amides is 1. The van der Waals surface area contributed by atoms with Crippen LogP contribution in [0.15, 0.2) is 36.7 Å². The average Bonchev–Trinajstić information content (AvgIpc) is 3.01. The SMILES string of the molecule is COc1cc(NC(=O)COC(=O)c2c(C)nn3cccnc23)cc(OC)c1. The molecule has 2 heterocycles. The van der Waals surface area contributed by atoms with Crippen LogP contribution in [-0.2, 0) is 9.53 Å².